The first kappa shape index (κ1) is 14.9. The Balaban J connectivity index is 1.69. The summed E-state index contributed by atoms with van der Waals surface area (Å²) in [6, 6.07) is 14.4. The normalized spacial score (nSPS) is 18.4. The van der Waals surface area contributed by atoms with Gasteiger partial charge in [-0.15, -0.1) is 0 Å². The Hall–Kier alpha value is -2.03. The van der Waals surface area contributed by atoms with Crippen molar-refractivity contribution in [1.82, 2.24) is 4.90 Å². The van der Waals surface area contributed by atoms with Gasteiger partial charge in [-0.2, -0.15) is 0 Å². The summed E-state index contributed by atoms with van der Waals surface area (Å²) in [5.41, 5.74) is 0. The fraction of sp³-hybridized carbons (Fsp3) is 0.421. The third-order valence-electron chi connectivity index (χ3n) is 4.52. The highest BCUT2D eigenvalue weighted by Crippen LogP contribution is 2.25. The highest BCUT2D eigenvalue weighted by Gasteiger charge is 2.25. The molecule has 0 aliphatic carbocycles. The van der Waals surface area contributed by atoms with Crippen molar-refractivity contribution >= 4 is 16.7 Å². The molecule has 116 valence electrons. The zero-order valence-electron chi connectivity index (χ0n) is 13.1. The van der Waals surface area contributed by atoms with Crippen LogP contribution in [0, 0.1) is 0 Å². The minimum Gasteiger partial charge on any atom is -0.483 e. The van der Waals surface area contributed by atoms with Gasteiger partial charge in [0, 0.05) is 18.0 Å². The molecule has 1 aliphatic rings. The monoisotopic (exact) mass is 297 g/mol. The Labute approximate surface area is 131 Å². The zero-order valence-corrected chi connectivity index (χ0v) is 13.1. The summed E-state index contributed by atoms with van der Waals surface area (Å²) < 4.78 is 5.84. The molecule has 2 aromatic rings. The van der Waals surface area contributed by atoms with Gasteiger partial charge < -0.3 is 9.64 Å². The van der Waals surface area contributed by atoms with Gasteiger partial charge in [-0.25, -0.2) is 0 Å². The average molecular weight is 297 g/mol. The maximum atomic E-state index is 12.5. The Bertz CT molecular complexity index is 647. The van der Waals surface area contributed by atoms with Gasteiger partial charge in [0.1, 0.15) is 5.75 Å². The number of rotatable bonds is 4. The molecule has 0 saturated carbocycles. The van der Waals surface area contributed by atoms with Crippen LogP contribution in [0.2, 0.25) is 0 Å². The summed E-state index contributed by atoms with van der Waals surface area (Å²) in [6.45, 7) is 3.16. The summed E-state index contributed by atoms with van der Waals surface area (Å²) in [7, 11) is 0. The summed E-state index contributed by atoms with van der Waals surface area (Å²) in [5, 5.41) is 2.19. The molecule has 2 aromatic carbocycles. The molecule has 22 heavy (non-hydrogen) atoms. The van der Waals surface area contributed by atoms with Crippen LogP contribution >= 0.6 is 0 Å². The molecule has 1 fully saturated rings. The number of carbonyl (C=O) groups excluding carboxylic acids is 1. The lowest BCUT2D eigenvalue weighted by atomic mass is 10.00. The highest BCUT2D eigenvalue weighted by molar-refractivity contribution is 5.88. The second kappa shape index (κ2) is 6.82. The van der Waals surface area contributed by atoms with Crippen molar-refractivity contribution in [2.24, 2.45) is 0 Å². The number of carbonyl (C=O) groups is 1. The van der Waals surface area contributed by atoms with Crippen molar-refractivity contribution in [1.29, 1.82) is 0 Å². The number of amides is 1. The van der Waals surface area contributed by atoms with Crippen LogP contribution < -0.4 is 4.74 Å². The van der Waals surface area contributed by atoms with E-state index < -0.39 is 0 Å². The molecule has 3 heteroatoms. The van der Waals surface area contributed by atoms with E-state index in [0.29, 0.717) is 6.04 Å². The Morgan fingerprint density at radius 2 is 2.00 bits per heavy atom. The van der Waals surface area contributed by atoms with Crippen LogP contribution in [0.5, 0.6) is 5.75 Å². The van der Waals surface area contributed by atoms with E-state index in [1.165, 1.54) is 6.42 Å². The maximum Gasteiger partial charge on any atom is 0.260 e. The molecule has 0 radical (unpaired) electrons. The zero-order chi connectivity index (χ0) is 15.4. The predicted molar refractivity (Wildman–Crippen MR) is 89.1 cm³/mol. The van der Waals surface area contributed by atoms with E-state index >= 15 is 0 Å². The van der Waals surface area contributed by atoms with Gasteiger partial charge in [-0.1, -0.05) is 43.3 Å². The number of likely N-dealkylation sites (tertiary alicyclic amines) is 1. The fourth-order valence-electron chi connectivity index (χ4n) is 3.30. The van der Waals surface area contributed by atoms with Crippen LogP contribution in [0.25, 0.3) is 10.8 Å². The summed E-state index contributed by atoms with van der Waals surface area (Å²) in [5.74, 6) is 0.899. The molecular weight excluding hydrogens is 274 g/mol. The molecule has 1 atom stereocenters. The van der Waals surface area contributed by atoms with Crippen molar-refractivity contribution in [3.8, 4) is 5.75 Å². The number of ether oxygens (including phenoxy) is 1. The first-order valence-corrected chi connectivity index (χ1v) is 8.19. The first-order chi connectivity index (χ1) is 10.8. The number of hydrogen-bond acceptors (Lipinski definition) is 2. The third kappa shape index (κ3) is 3.08. The molecule has 1 unspecified atom stereocenters. The maximum absolute atomic E-state index is 12.5. The van der Waals surface area contributed by atoms with Crippen LogP contribution in [0.4, 0.5) is 0 Å². The molecule has 3 nitrogen and oxygen atoms in total. The van der Waals surface area contributed by atoms with Gasteiger partial charge in [0.25, 0.3) is 5.91 Å². The molecule has 1 heterocycles. The Morgan fingerprint density at radius 1 is 1.18 bits per heavy atom. The largest absolute Gasteiger partial charge is 0.483 e. The van der Waals surface area contributed by atoms with Gasteiger partial charge >= 0.3 is 0 Å². The van der Waals surface area contributed by atoms with E-state index in [1.807, 2.05) is 35.2 Å². The third-order valence-corrected chi connectivity index (χ3v) is 4.52. The minimum atomic E-state index is 0.111. The highest BCUT2D eigenvalue weighted by atomic mass is 16.5. The van der Waals surface area contributed by atoms with Crippen molar-refractivity contribution in [3.05, 3.63) is 42.5 Å². The van der Waals surface area contributed by atoms with Gasteiger partial charge in [-0.3, -0.25) is 4.79 Å². The lowest BCUT2D eigenvalue weighted by Crippen LogP contribution is -2.45. The Morgan fingerprint density at radius 3 is 2.86 bits per heavy atom. The van der Waals surface area contributed by atoms with Gasteiger partial charge in [-0.05, 0) is 37.1 Å². The van der Waals surface area contributed by atoms with Crippen molar-refractivity contribution in [2.75, 3.05) is 13.2 Å². The van der Waals surface area contributed by atoms with Gasteiger partial charge in [0.15, 0.2) is 6.61 Å². The van der Waals surface area contributed by atoms with Crippen LogP contribution in [0.1, 0.15) is 32.6 Å². The molecule has 0 aromatic heterocycles. The molecule has 1 amide bonds. The Kier molecular flexibility index (Phi) is 4.62. The lowest BCUT2D eigenvalue weighted by Gasteiger charge is -2.35. The topological polar surface area (TPSA) is 29.5 Å². The minimum absolute atomic E-state index is 0.111. The fourth-order valence-corrected chi connectivity index (χ4v) is 3.30. The van der Waals surface area contributed by atoms with Gasteiger partial charge in [0.2, 0.25) is 0 Å². The molecule has 1 saturated heterocycles. The van der Waals surface area contributed by atoms with E-state index in [1.54, 1.807) is 0 Å². The molecule has 3 rings (SSSR count). The molecule has 0 spiro atoms. The number of benzene rings is 2. The smallest absolute Gasteiger partial charge is 0.260 e. The molecule has 0 bridgehead atoms. The van der Waals surface area contributed by atoms with E-state index in [-0.39, 0.29) is 12.5 Å². The summed E-state index contributed by atoms with van der Waals surface area (Å²) in [4.78, 5) is 14.5. The van der Waals surface area contributed by atoms with Crippen molar-refractivity contribution in [3.63, 3.8) is 0 Å². The van der Waals surface area contributed by atoms with Crippen molar-refractivity contribution < 1.29 is 9.53 Å². The average Bonchev–Trinajstić information content (AvgIpc) is 2.59. The van der Waals surface area contributed by atoms with Crippen LogP contribution in [-0.4, -0.2) is 30.0 Å². The number of hydrogen-bond donors (Lipinski definition) is 0. The number of fused-ring (bicyclic) bond motifs is 1. The molecule has 0 N–H and O–H groups in total. The standard InChI is InChI=1S/C19H23NO2/c1-2-16-10-5-6-13-20(16)19(21)14-22-18-12-7-9-15-8-3-4-11-17(15)18/h3-4,7-9,11-12,16H,2,5-6,10,13-14H2,1H3. The second-order valence-corrected chi connectivity index (χ2v) is 5.91. The van der Waals surface area contributed by atoms with Crippen LogP contribution in [-0.2, 0) is 4.79 Å². The number of piperidine rings is 1. The quantitative estimate of drug-likeness (QED) is 0.853. The first-order valence-electron chi connectivity index (χ1n) is 8.19. The van der Waals surface area contributed by atoms with E-state index in [0.717, 1.165) is 42.3 Å². The predicted octanol–water partition coefficient (Wildman–Crippen LogP) is 4.01. The summed E-state index contributed by atoms with van der Waals surface area (Å²) in [6.07, 6.45) is 4.49. The van der Waals surface area contributed by atoms with Crippen LogP contribution in [0.3, 0.4) is 0 Å². The van der Waals surface area contributed by atoms with Crippen molar-refractivity contribution in [2.45, 2.75) is 38.6 Å². The molecular formula is C19H23NO2. The van der Waals surface area contributed by atoms with Gasteiger partial charge in [0.05, 0.1) is 0 Å². The van der Waals surface area contributed by atoms with E-state index in [2.05, 4.69) is 19.1 Å². The molecule has 1 aliphatic heterocycles. The SMILES string of the molecule is CCC1CCCCN1C(=O)COc1cccc2ccccc12. The van der Waals surface area contributed by atoms with Crippen LogP contribution in [0.15, 0.2) is 42.5 Å². The van der Waals surface area contributed by atoms with E-state index in [4.69, 9.17) is 4.74 Å². The second-order valence-electron chi connectivity index (χ2n) is 5.91. The summed E-state index contributed by atoms with van der Waals surface area (Å²) >= 11 is 0. The number of nitrogens with zero attached hydrogens (tertiary/aromatic N) is 1. The lowest BCUT2D eigenvalue weighted by molar-refractivity contribution is -0.137. The van der Waals surface area contributed by atoms with E-state index in [9.17, 15) is 4.79 Å².